The maximum atomic E-state index is 14.5. The van der Waals surface area contributed by atoms with Crippen molar-refractivity contribution >= 4 is 120 Å². The summed E-state index contributed by atoms with van der Waals surface area (Å²) >= 11 is 0. The van der Waals surface area contributed by atoms with Crippen LogP contribution in [0, 0.1) is 0 Å². The quantitative estimate of drug-likeness (QED) is 0.123. The van der Waals surface area contributed by atoms with E-state index < -0.39 is 0 Å². The topological polar surface area (TPSA) is 68.7 Å². The summed E-state index contributed by atoms with van der Waals surface area (Å²) in [5, 5.41) is 15.5. The molecule has 0 radical (unpaired) electrons. The van der Waals surface area contributed by atoms with Gasteiger partial charge in [-0.1, -0.05) is 72.8 Å². The number of hydrogen-bond acceptors (Lipinski definition) is 4. The van der Waals surface area contributed by atoms with Gasteiger partial charge in [-0.15, -0.1) is 0 Å². The van der Waals surface area contributed by atoms with Crippen LogP contribution in [0.15, 0.2) is 131 Å². The number of aromatic nitrogens is 4. The fraction of sp³-hybridized carbons (Fsp3) is 0. The van der Waals surface area contributed by atoms with Gasteiger partial charge in [-0.25, -0.2) is 9.97 Å². The van der Waals surface area contributed by atoms with E-state index >= 15 is 0 Å². The van der Waals surface area contributed by atoms with E-state index in [4.69, 9.17) is 9.97 Å². The van der Waals surface area contributed by atoms with Gasteiger partial charge < -0.3 is 0 Å². The Kier molecular flexibility index (Phi) is 4.12. The zero-order valence-electron chi connectivity index (χ0n) is 26.2. The smallest absolute Gasteiger partial charge is 0.264 e. The first kappa shape index (κ1) is 25.1. The molecular weight excluding hydrogens is 617 g/mol. The lowest BCUT2D eigenvalue weighted by molar-refractivity contribution is 1.15. The Balaban J connectivity index is 1.25. The third-order valence-electron chi connectivity index (χ3n) is 11.3. The third-order valence-corrected chi connectivity index (χ3v) is 11.3. The predicted molar refractivity (Wildman–Crippen MR) is 205 cm³/mol. The monoisotopic (exact) mass is 636 g/mol. The summed E-state index contributed by atoms with van der Waals surface area (Å²) in [6, 6.07) is 41.1. The van der Waals surface area contributed by atoms with E-state index in [1.807, 2.05) is 60.7 Å². The van der Waals surface area contributed by atoms with Gasteiger partial charge >= 0.3 is 0 Å². The van der Waals surface area contributed by atoms with Gasteiger partial charge in [0.05, 0.1) is 22.1 Å². The Hall–Kier alpha value is -6.92. The second-order valence-corrected chi connectivity index (χ2v) is 13.6. The van der Waals surface area contributed by atoms with Gasteiger partial charge in [-0.05, 0) is 91.6 Å². The minimum atomic E-state index is -0.0747. The highest BCUT2D eigenvalue weighted by Gasteiger charge is 2.24. The molecule has 0 aliphatic rings. The van der Waals surface area contributed by atoms with Gasteiger partial charge in [0, 0.05) is 43.1 Å². The Labute approximate surface area is 279 Å². The molecule has 0 saturated heterocycles. The molecule has 0 spiro atoms. The number of nitrogens with zero attached hydrogens (tertiary/aromatic N) is 4. The van der Waals surface area contributed by atoms with Crippen LogP contribution in [0.5, 0.6) is 0 Å². The van der Waals surface area contributed by atoms with Gasteiger partial charge in [0.1, 0.15) is 11.3 Å². The van der Waals surface area contributed by atoms with Crippen LogP contribution in [0.4, 0.5) is 0 Å². The maximum absolute atomic E-state index is 14.5. The third kappa shape index (κ3) is 2.67. The van der Waals surface area contributed by atoms with E-state index in [0.29, 0.717) is 22.1 Å². The number of fused-ring (bicyclic) bond motifs is 8. The fourth-order valence-corrected chi connectivity index (χ4v) is 9.35. The van der Waals surface area contributed by atoms with E-state index in [9.17, 15) is 9.59 Å². The van der Waals surface area contributed by atoms with E-state index in [-0.39, 0.29) is 11.1 Å². The Morgan fingerprint density at radius 2 is 0.680 bits per heavy atom. The van der Waals surface area contributed by atoms with E-state index in [1.165, 1.54) is 0 Å². The van der Waals surface area contributed by atoms with Crippen LogP contribution < -0.4 is 11.1 Å². The average Bonchev–Trinajstić information content (AvgIpc) is 3.15. The SMILES string of the molecule is O=c1c2ccc3c4ccc5c(=O)n6c7cccc8cccc(nc6c6ccc(c9ccc(c2c39)c2nc3cccc9cccc(c93)n12)c4c56)c87. The predicted octanol–water partition coefficient (Wildman–Crippen LogP) is 9.55. The van der Waals surface area contributed by atoms with Crippen LogP contribution in [0.3, 0.4) is 0 Å². The second-order valence-electron chi connectivity index (χ2n) is 13.6. The van der Waals surface area contributed by atoms with Gasteiger partial charge in [0.25, 0.3) is 11.1 Å². The van der Waals surface area contributed by atoms with Crippen molar-refractivity contribution in [3.8, 4) is 0 Å². The van der Waals surface area contributed by atoms with Crippen molar-refractivity contribution in [3.63, 3.8) is 0 Å². The first-order valence-electron chi connectivity index (χ1n) is 16.8. The molecule has 0 unspecified atom stereocenters. The molecular formula is C44H20N4O2. The van der Waals surface area contributed by atoms with Crippen molar-refractivity contribution in [1.29, 1.82) is 0 Å². The summed E-state index contributed by atoms with van der Waals surface area (Å²) < 4.78 is 3.58. The standard InChI is InChI=1S/C44H20N4O2/c49-43-29-19-15-25-26-16-20-30-40-28(42-46-32-10-2-6-22-8-4-12-34(36(22)32)48(42)44(30)50)18-14-24(38(26)40)23-13-17-27(39(29)37(23)25)41-45-31-9-1-5-21-7-3-11-33(35(21)31)47(41)43/h1-20H. The molecule has 0 saturated carbocycles. The normalized spacial score (nSPS) is 13.0. The van der Waals surface area contributed by atoms with Crippen molar-refractivity contribution in [1.82, 2.24) is 18.8 Å². The van der Waals surface area contributed by atoms with Crippen LogP contribution in [0.25, 0.3) is 120 Å². The molecule has 13 aromatic rings. The summed E-state index contributed by atoms with van der Waals surface area (Å²) in [5.74, 6) is 0. The maximum Gasteiger partial charge on any atom is 0.264 e. The van der Waals surface area contributed by atoms with Gasteiger partial charge in [0.15, 0.2) is 0 Å². The van der Waals surface area contributed by atoms with Crippen molar-refractivity contribution in [2.45, 2.75) is 0 Å². The molecule has 0 amide bonds. The van der Waals surface area contributed by atoms with Crippen molar-refractivity contribution < 1.29 is 0 Å². The zero-order valence-corrected chi connectivity index (χ0v) is 26.2. The first-order chi connectivity index (χ1) is 24.7. The van der Waals surface area contributed by atoms with Crippen LogP contribution in [0.1, 0.15) is 0 Å². The first-order valence-corrected chi connectivity index (χ1v) is 16.8. The Morgan fingerprint density at radius 1 is 0.340 bits per heavy atom. The van der Waals surface area contributed by atoms with Crippen LogP contribution in [0.2, 0.25) is 0 Å². The lowest BCUT2D eigenvalue weighted by Gasteiger charge is -2.20. The molecule has 50 heavy (non-hydrogen) atoms. The molecule has 228 valence electrons. The van der Waals surface area contributed by atoms with Crippen molar-refractivity contribution in [2.24, 2.45) is 0 Å². The summed E-state index contributed by atoms with van der Waals surface area (Å²) in [7, 11) is 0. The molecule has 0 N–H and O–H groups in total. The number of benzene rings is 9. The lowest BCUT2D eigenvalue weighted by atomic mass is 9.86. The molecule has 0 aliphatic heterocycles. The highest BCUT2D eigenvalue weighted by Crippen LogP contribution is 2.46. The molecule has 6 heteroatoms. The molecule has 0 atom stereocenters. The Morgan fingerprint density at radius 3 is 1.10 bits per heavy atom. The number of hydrogen-bond donors (Lipinski definition) is 0. The van der Waals surface area contributed by atoms with Crippen LogP contribution in [-0.4, -0.2) is 18.8 Å². The van der Waals surface area contributed by atoms with Crippen LogP contribution in [-0.2, 0) is 0 Å². The summed E-state index contributed by atoms with van der Waals surface area (Å²) in [5.41, 5.74) is 4.63. The number of rotatable bonds is 0. The van der Waals surface area contributed by atoms with E-state index in [1.54, 1.807) is 8.80 Å². The lowest BCUT2D eigenvalue weighted by Crippen LogP contribution is -2.17. The van der Waals surface area contributed by atoms with Gasteiger partial charge in [-0.2, -0.15) is 0 Å². The van der Waals surface area contributed by atoms with E-state index in [2.05, 4.69) is 60.7 Å². The Bertz CT molecular complexity index is 3540. The van der Waals surface area contributed by atoms with Gasteiger partial charge in [-0.3, -0.25) is 18.4 Å². The summed E-state index contributed by atoms with van der Waals surface area (Å²) in [6.45, 7) is 0. The van der Waals surface area contributed by atoms with Crippen molar-refractivity contribution in [3.05, 3.63) is 142 Å². The molecule has 4 heterocycles. The molecule has 0 bridgehead atoms. The molecule has 13 rings (SSSR count). The van der Waals surface area contributed by atoms with Crippen molar-refractivity contribution in [2.75, 3.05) is 0 Å². The highest BCUT2D eigenvalue weighted by molar-refractivity contribution is 6.40. The second kappa shape index (κ2) is 8.20. The van der Waals surface area contributed by atoms with Crippen LogP contribution >= 0.6 is 0 Å². The molecule has 4 aromatic heterocycles. The fourth-order valence-electron chi connectivity index (χ4n) is 9.35. The summed E-state index contributed by atoms with van der Waals surface area (Å²) in [4.78, 5) is 39.3. The van der Waals surface area contributed by atoms with E-state index in [0.717, 1.165) is 97.5 Å². The zero-order chi connectivity index (χ0) is 32.6. The number of pyridine rings is 2. The molecule has 6 nitrogen and oxygen atoms in total. The largest absolute Gasteiger partial charge is 0.268 e. The minimum absolute atomic E-state index is 0.0747. The molecule has 9 aromatic carbocycles. The average molecular weight is 637 g/mol. The molecule has 0 aliphatic carbocycles. The molecule has 0 fully saturated rings. The highest BCUT2D eigenvalue weighted by atomic mass is 16.1. The minimum Gasteiger partial charge on any atom is -0.268 e. The van der Waals surface area contributed by atoms with Gasteiger partial charge in [0.2, 0.25) is 0 Å². The summed E-state index contributed by atoms with van der Waals surface area (Å²) in [6.07, 6.45) is 0.